The van der Waals surface area contributed by atoms with Crippen molar-refractivity contribution in [3.8, 4) is 0 Å². The minimum atomic E-state index is -0.685. The van der Waals surface area contributed by atoms with Crippen molar-refractivity contribution in [1.29, 1.82) is 0 Å². The lowest BCUT2D eigenvalue weighted by atomic mass is 9.99. The average molecular weight is 172 g/mol. The van der Waals surface area contributed by atoms with Gasteiger partial charge in [0.2, 0.25) is 0 Å². The van der Waals surface area contributed by atoms with Crippen molar-refractivity contribution in [3.05, 3.63) is 12.2 Å². The molecule has 1 N–H and O–H groups in total. The summed E-state index contributed by atoms with van der Waals surface area (Å²) in [6.07, 6.45) is -0.244. The summed E-state index contributed by atoms with van der Waals surface area (Å²) >= 11 is 0. The highest BCUT2D eigenvalue weighted by Crippen LogP contribution is 2.12. The number of methoxy groups -OCH3 is 1. The van der Waals surface area contributed by atoms with Gasteiger partial charge in [-0.1, -0.05) is 5.57 Å². The highest BCUT2D eigenvalue weighted by atomic mass is 16.5. The molecule has 2 atom stereocenters. The molecular weight excluding hydrogens is 156 g/mol. The topological polar surface area (TPSA) is 46.5 Å². The number of aliphatic hydroxyl groups is 1. The molecule has 0 spiro atoms. The van der Waals surface area contributed by atoms with E-state index in [4.69, 9.17) is 0 Å². The summed E-state index contributed by atoms with van der Waals surface area (Å²) in [6, 6.07) is 0. The maximum atomic E-state index is 10.9. The fraction of sp³-hybridized carbons (Fsp3) is 0.667. The normalized spacial score (nSPS) is 15.0. The Hall–Kier alpha value is -0.830. The number of aliphatic hydroxyl groups excluding tert-OH is 1. The van der Waals surface area contributed by atoms with Gasteiger partial charge in [0.25, 0.3) is 0 Å². The molecule has 0 amide bonds. The van der Waals surface area contributed by atoms with Gasteiger partial charge in [0.1, 0.15) is 0 Å². The van der Waals surface area contributed by atoms with Crippen LogP contribution in [0.5, 0.6) is 0 Å². The van der Waals surface area contributed by atoms with E-state index in [9.17, 15) is 9.90 Å². The number of ether oxygens (including phenoxy) is 1. The molecule has 0 bridgehead atoms. The van der Waals surface area contributed by atoms with Crippen LogP contribution < -0.4 is 0 Å². The lowest BCUT2D eigenvalue weighted by Crippen LogP contribution is -2.26. The molecule has 0 fully saturated rings. The number of hydrogen-bond donors (Lipinski definition) is 1. The zero-order valence-electron chi connectivity index (χ0n) is 7.83. The van der Waals surface area contributed by atoms with Crippen LogP contribution in [0, 0.1) is 5.92 Å². The third-order valence-electron chi connectivity index (χ3n) is 1.71. The Morgan fingerprint density at radius 2 is 2.17 bits per heavy atom. The molecule has 0 saturated heterocycles. The van der Waals surface area contributed by atoms with Gasteiger partial charge >= 0.3 is 5.97 Å². The summed E-state index contributed by atoms with van der Waals surface area (Å²) in [5.74, 6) is -0.865. The zero-order chi connectivity index (χ0) is 9.72. The highest BCUT2D eigenvalue weighted by Gasteiger charge is 2.22. The molecule has 0 unspecified atom stereocenters. The zero-order valence-corrected chi connectivity index (χ0v) is 7.83. The largest absolute Gasteiger partial charge is 0.469 e. The van der Waals surface area contributed by atoms with Crippen LogP contribution in [-0.4, -0.2) is 24.3 Å². The molecule has 0 saturated carbocycles. The van der Waals surface area contributed by atoms with E-state index in [2.05, 4.69) is 11.3 Å². The second-order valence-corrected chi connectivity index (χ2v) is 3.04. The highest BCUT2D eigenvalue weighted by molar-refractivity contribution is 5.72. The van der Waals surface area contributed by atoms with Crippen molar-refractivity contribution < 1.29 is 14.6 Å². The quantitative estimate of drug-likeness (QED) is 0.510. The van der Waals surface area contributed by atoms with E-state index in [0.717, 1.165) is 5.57 Å². The molecule has 0 rings (SSSR count). The fourth-order valence-electron chi connectivity index (χ4n) is 0.877. The summed E-state index contributed by atoms with van der Waals surface area (Å²) in [4.78, 5) is 10.9. The van der Waals surface area contributed by atoms with E-state index >= 15 is 0 Å². The summed E-state index contributed by atoms with van der Waals surface area (Å²) in [7, 11) is 1.31. The standard InChI is InChI=1S/C9H16O3/c1-6(2)5-8(10)7(3)9(11)12-4/h7-8,10H,1,5H2,2-4H3/t7-,8+/m0/s1. The van der Waals surface area contributed by atoms with Crippen molar-refractivity contribution in [2.24, 2.45) is 5.92 Å². The van der Waals surface area contributed by atoms with Crippen molar-refractivity contribution in [2.75, 3.05) is 7.11 Å². The fourth-order valence-corrected chi connectivity index (χ4v) is 0.877. The molecule has 0 aliphatic rings. The minimum absolute atomic E-state index is 0.385. The Bertz CT molecular complexity index is 175. The summed E-state index contributed by atoms with van der Waals surface area (Å²) in [5.41, 5.74) is 0.859. The van der Waals surface area contributed by atoms with Gasteiger partial charge in [-0.3, -0.25) is 4.79 Å². The second-order valence-electron chi connectivity index (χ2n) is 3.04. The molecule has 0 aliphatic carbocycles. The first-order chi connectivity index (χ1) is 5.49. The van der Waals surface area contributed by atoms with Gasteiger partial charge in [-0.25, -0.2) is 0 Å². The Morgan fingerprint density at radius 3 is 2.50 bits per heavy atom. The summed E-state index contributed by atoms with van der Waals surface area (Å²) < 4.78 is 4.49. The maximum absolute atomic E-state index is 10.9. The molecule has 0 aromatic rings. The van der Waals surface area contributed by atoms with Crippen LogP contribution in [0.15, 0.2) is 12.2 Å². The summed E-state index contributed by atoms with van der Waals surface area (Å²) in [5, 5.41) is 9.43. The van der Waals surface area contributed by atoms with E-state index < -0.39 is 12.0 Å². The first-order valence-electron chi connectivity index (χ1n) is 3.89. The Morgan fingerprint density at radius 1 is 1.67 bits per heavy atom. The van der Waals surface area contributed by atoms with Crippen molar-refractivity contribution in [2.45, 2.75) is 26.4 Å². The second kappa shape index (κ2) is 4.93. The lowest BCUT2D eigenvalue weighted by Gasteiger charge is -2.16. The van der Waals surface area contributed by atoms with Crippen molar-refractivity contribution in [3.63, 3.8) is 0 Å². The van der Waals surface area contributed by atoms with Crippen LogP contribution in [0.25, 0.3) is 0 Å². The van der Waals surface area contributed by atoms with Crippen molar-refractivity contribution >= 4 is 5.97 Å². The van der Waals surface area contributed by atoms with E-state index in [1.807, 2.05) is 6.92 Å². The van der Waals surface area contributed by atoms with Gasteiger partial charge < -0.3 is 9.84 Å². The van der Waals surface area contributed by atoms with Crippen LogP contribution in [-0.2, 0) is 9.53 Å². The van der Waals surface area contributed by atoms with Crippen molar-refractivity contribution in [1.82, 2.24) is 0 Å². The molecule has 3 nitrogen and oxygen atoms in total. The molecule has 0 aromatic carbocycles. The van der Waals surface area contributed by atoms with Gasteiger partial charge in [-0.05, 0) is 20.3 Å². The monoisotopic (exact) mass is 172 g/mol. The first kappa shape index (κ1) is 11.2. The van der Waals surface area contributed by atoms with E-state index in [0.29, 0.717) is 6.42 Å². The Balaban J connectivity index is 4.00. The van der Waals surface area contributed by atoms with Crippen LogP contribution in [0.2, 0.25) is 0 Å². The molecule has 12 heavy (non-hydrogen) atoms. The molecule has 0 radical (unpaired) electrons. The Labute approximate surface area is 73.0 Å². The molecule has 3 heteroatoms. The maximum Gasteiger partial charge on any atom is 0.311 e. The van der Waals surface area contributed by atoms with Gasteiger partial charge in [-0.2, -0.15) is 0 Å². The third kappa shape index (κ3) is 3.53. The third-order valence-corrected chi connectivity index (χ3v) is 1.71. The van der Waals surface area contributed by atoms with Gasteiger partial charge in [0, 0.05) is 0 Å². The predicted molar refractivity (Wildman–Crippen MR) is 46.6 cm³/mol. The van der Waals surface area contributed by atoms with E-state index in [1.165, 1.54) is 7.11 Å². The van der Waals surface area contributed by atoms with Crippen LogP contribution >= 0.6 is 0 Å². The molecule has 0 aliphatic heterocycles. The number of carbonyl (C=O) groups is 1. The molecule has 70 valence electrons. The lowest BCUT2D eigenvalue weighted by molar-refractivity contribution is -0.148. The van der Waals surface area contributed by atoms with Gasteiger partial charge in [0.05, 0.1) is 19.1 Å². The number of rotatable bonds is 4. The van der Waals surface area contributed by atoms with Crippen LogP contribution in [0.1, 0.15) is 20.3 Å². The van der Waals surface area contributed by atoms with E-state index in [-0.39, 0.29) is 5.97 Å². The van der Waals surface area contributed by atoms with Crippen LogP contribution in [0.4, 0.5) is 0 Å². The van der Waals surface area contributed by atoms with Crippen LogP contribution in [0.3, 0.4) is 0 Å². The SMILES string of the molecule is C=C(C)C[C@@H](O)[C@H](C)C(=O)OC. The number of esters is 1. The summed E-state index contributed by atoms with van der Waals surface area (Å²) in [6.45, 7) is 7.10. The minimum Gasteiger partial charge on any atom is -0.469 e. The molecular formula is C9H16O3. The van der Waals surface area contributed by atoms with Gasteiger partial charge in [-0.15, -0.1) is 6.58 Å². The predicted octanol–water partition coefficient (Wildman–Crippen LogP) is 1.12. The molecule has 0 aromatic heterocycles. The number of hydrogen-bond acceptors (Lipinski definition) is 3. The molecule has 0 heterocycles. The average Bonchev–Trinajstić information content (AvgIpc) is 2.00. The Kier molecular flexibility index (Phi) is 4.59. The van der Waals surface area contributed by atoms with Gasteiger partial charge in [0.15, 0.2) is 0 Å². The first-order valence-corrected chi connectivity index (χ1v) is 3.89. The van der Waals surface area contributed by atoms with E-state index in [1.54, 1.807) is 6.92 Å². The number of carbonyl (C=O) groups excluding carboxylic acids is 1. The smallest absolute Gasteiger partial charge is 0.311 e.